The molecule has 0 aliphatic heterocycles. The molecule has 6 aromatic rings. The number of benzene rings is 6. The second-order valence-electron chi connectivity index (χ2n) is 27.0. The lowest BCUT2D eigenvalue weighted by atomic mass is 9.98. The fourth-order valence-electron chi connectivity index (χ4n) is 12.7. The summed E-state index contributed by atoms with van der Waals surface area (Å²) in [5.41, 5.74) is 12.7. The minimum Gasteiger partial charge on any atom is -0.493 e. The average Bonchev–Trinajstić information content (AvgIpc) is 0.778. The molecular weight excluding hydrogens is 1200 g/mol. The highest BCUT2D eigenvalue weighted by atomic mass is 31.2. The van der Waals surface area contributed by atoms with Crippen molar-refractivity contribution in [3.63, 3.8) is 0 Å². The van der Waals surface area contributed by atoms with Gasteiger partial charge >= 0.3 is 17.2 Å². The van der Waals surface area contributed by atoms with Gasteiger partial charge in [-0.1, -0.05) is 256 Å². The molecule has 6 rings (SSSR count). The van der Waals surface area contributed by atoms with Crippen LogP contribution in [-0.4, -0.2) is 14.2 Å². The van der Waals surface area contributed by atoms with E-state index in [1.807, 2.05) is 12.1 Å². The smallest absolute Gasteiger partial charge is 0.493 e. The maximum atomic E-state index is 7.29. The zero-order chi connectivity index (χ0) is 67.1. The number of aryl methyl sites for hydroxylation is 10. The van der Waals surface area contributed by atoms with Crippen LogP contribution in [0.5, 0.6) is 46.0 Å². The van der Waals surface area contributed by atoms with Gasteiger partial charge in [0.15, 0.2) is 23.0 Å². The van der Waals surface area contributed by atoms with Crippen LogP contribution >= 0.6 is 17.2 Å². The van der Waals surface area contributed by atoms with Crippen LogP contribution in [0.2, 0.25) is 0 Å². The summed E-state index contributed by atoms with van der Waals surface area (Å²) in [5, 5.41) is 0. The van der Waals surface area contributed by atoms with Crippen molar-refractivity contribution in [2.45, 2.75) is 300 Å². The molecule has 0 fully saturated rings. The Morgan fingerprint density at radius 1 is 0.245 bits per heavy atom. The molecule has 518 valence electrons. The molecule has 0 bridgehead atoms. The van der Waals surface area contributed by atoms with Crippen LogP contribution in [0.3, 0.4) is 0 Å². The summed E-state index contributed by atoms with van der Waals surface area (Å²) in [5.74, 6) is 4.76. The Hall–Kier alpha value is -5.42. The van der Waals surface area contributed by atoms with Gasteiger partial charge in [-0.2, -0.15) is 0 Å². The van der Waals surface area contributed by atoms with E-state index < -0.39 is 17.2 Å². The Balaban J connectivity index is 1.34. The van der Waals surface area contributed by atoms with Crippen LogP contribution in [0, 0.1) is 41.5 Å². The molecule has 0 N–H and O–H groups in total. The van der Waals surface area contributed by atoms with Crippen LogP contribution in [0.4, 0.5) is 0 Å². The summed E-state index contributed by atoms with van der Waals surface area (Å²) in [6.07, 6.45) is 45.5. The van der Waals surface area contributed by atoms with Gasteiger partial charge in [-0.05, 0) is 197 Å². The quantitative estimate of drug-likeness (QED) is 0.0276. The van der Waals surface area contributed by atoms with Crippen molar-refractivity contribution in [3.05, 3.63) is 153 Å². The molecule has 0 aromatic heterocycles. The first-order valence-corrected chi connectivity index (χ1v) is 39.5. The minimum atomic E-state index is -2.17. The topological polar surface area (TPSA) is 73.8 Å². The van der Waals surface area contributed by atoms with Crippen molar-refractivity contribution in [1.82, 2.24) is 0 Å². The van der Waals surface area contributed by atoms with Crippen LogP contribution in [0.15, 0.2) is 97.1 Å². The largest absolute Gasteiger partial charge is 0.530 e. The molecule has 0 amide bonds. The third-order valence-electron chi connectivity index (χ3n) is 18.4. The van der Waals surface area contributed by atoms with E-state index >= 15 is 0 Å². The Labute approximate surface area is 575 Å². The summed E-state index contributed by atoms with van der Waals surface area (Å²) in [7, 11) is -0.968. The second-order valence-corrected chi connectivity index (χ2v) is 29.0. The van der Waals surface area contributed by atoms with E-state index in [4.69, 9.17) is 36.6 Å². The van der Waals surface area contributed by atoms with E-state index in [0.29, 0.717) is 57.1 Å². The van der Waals surface area contributed by atoms with Gasteiger partial charge in [0.1, 0.15) is 23.0 Å². The molecule has 94 heavy (non-hydrogen) atoms. The minimum absolute atomic E-state index is 0.446. The molecule has 0 aliphatic carbocycles. The number of unbranched alkanes of at least 4 members (excludes halogenated alkanes) is 28. The maximum Gasteiger partial charge on any atom is 0.530 e. The highest BCUT2D eigenvalue weighted by Crippen LogP contribution is 2.56. The van der Waals surface area contributed by atoms with Crippen LogP contribution in [-0.2, 0) is 25.7 Å². The van der Waals surface area contributed by atoms with Gasteiger partial charge in [0, 0.05) is 11.1 Å². The summed E-state index contributed by atoms with van der Waals surface area (Å²) in [6.45, 7) is 21.7. The van der Waals surface area contributed by atoms with Gasteiger partial charge in [-0.25, -0.2) is 0 Å². The van der Waals surface area contributed by atoms with Crippen molar-refractivity contribution in [2.75, 3.05) is 14.2 Å². The highest BCUT2D eigenvalue weighted by molar-refractivity contribution is 7.43. The molecule has 8 nitrogen and oxygen atoms in total. The van der Waals surface area contributed by atoms with Crippen LogP contribution in [0.1, 0.15) is 289 Å². The fraction of sp³-hybridized carbons (Fsp3) is 0.571. The number of rotatable bonds is 51. The van der Waals surface area contributed by atoms with Crippen molar-refractivity contribution >= 4 is 17.2 Å². The highest BCUT2D eigenvalue weighted by Gasteiger charge is 2.32. The van der Waals surface area contributed by atoms with Gasteiger partial charge in [0.25, 0.3) is 0 Å². The number of hydrogen-bond acceptors (Lipinski definition) is 8. The van der Waals surface area contributed by atoms with Gasteiger partial charge < -0.3 is 36.6 Å². The Kier molecular flexibility index (Phi) is 37.3. The molecule has 0 heterocycles. The van der Waals surface area contributed by atoms with E-state index in [1.165, 1.54) is 228 Å². The van der Waals surface area contributed by atoms with Gasteiger partial charge in [0.2, 0.25) is 0 Å². The molecular formula is C84H124O8P2. The van der Waals surface area contributed by atoms with Crippen LogP contribution < -0.4 is 36.6 Å². The normalized spacial score (nSPS) is 11.4. The summed E-state index contributed by atoms with van der Waals surface area (Å²) < 4.78 is 55.3. The Morgan fingerprint density at radius 3 is 0.681 bits per heavy atom. The van der Waals surface area contributed by atoms with E-state index in [2.05, 4.69) is 154 Å². The third-order valence-corrected chi connectivity index (χ3v) is 20.4. The van der Waals surface area contributed by atoms with E-state index in [9.17, 15) is 0 Å². The van der Waals surface area contributed by atoms with Gasteiger partial charge in [-0.15, -0.1) is 0 Å². The fourth-order valence-corrected chi connectivity index (χ4v) is 15.0. The summed E-state index contributed by atoms with van der Waals surface area (Å²) in [4.78, 5) is 0. The molecule has 0 saturated heterocycles. The van der Waals surface area contributed by atoms with Crippen molar-refractivity contribution in [2.24, 2.45) is 0 Å². The third kappa shape index (κ3) is 28.0. The van der Waals surface area contributed by atoms with E-state index in [0.717, 1.165) is 59.1 Å². The molecule has 0 aliphatic rings. The first-order chi connectivity index (χ1) is 45.9. The predicted molar refractivity (Wildman–Crippen MR) is 402 cm³/mol. The molecule has 0 spiro atoms. The molecule has 0 saturated carbocycles. The Morgan fingerprint density at radius 2 is 0.468 bits per heavy atom. The SMILES string of the molecule is CCCCCCCCCCc1ccc(OP(Oc2ccc(CCCCCCCCCC)cc2C)Oc2c(OC)cc(C)cc2-c2cc(C)cc(OC)c2OP(Oc2ccc(CCCCCCCCCC)cc2C)Oc2ccc(CCCCCCCCCC)cc2C)c(C)c1. The van der Waals surface area contributed by atoms with E-state index in [-0.39, 0.29) is 0 Å². The number of hydrogen-bond donors (Lipinski definition) is 0. The van der Waals surface area contributed by atoms with Crippen molar-refractivity contribution < 1.29 is 36.6 Å². The van der Waals surface area contributed by atoms with Gasteiger partial charge in [0.05, 0.1) is 14.2 Å². The zero-order valence-corrected chi connectivity index (χ0v) is 62.6. The standard InChI is InChI=1S/C84H124O8P2/c1-13-17-21-25-29-33-37-41-45-71-49-53-77(67(7)61-71)87-93(88-78-54-50-72(62-68(78)8)46-42-38-34-30-26-22-18-14-2)91-83-75(57-65(5)59-81(83)85-11)76-58-66(6)60-82(86-12)84(76)92-94(89-79-55-51-73(63-69(79)9)47-43-39-35-31-27-23-19-15-3)90-80-56-52-74(64-70(80)10)48-44-40-36-32-28-24-20-16-4/h49-64H,13-48H2,1-12H3. The second kappa shape index (κ2) is 45.2. The first-order valence-electron chi connectivity index (χ1n) is 37.3. The molecule has 6 aromatic carbocycles. The molecule has 0 atom stereocenters. The maximum absolute atomic E-state index is 7.29. The van der Waals surface area contributed by atoms with E-state index in [1.54, 1.807) is 14.2 Å². The summed E-state index contributed by atoms with van der Waals surface area (Å²) in [6, 6.07) is 34.4. The molecule has 0 unspecified atom stereocenters. The lowest BCUT2D eigenvalue weighted by Gasteiger charge is -2.25. The molecule has 10 heteroatoms. The lowest BCUT2D eigenvalue weighted by molar-refractivity contribution is 0.357. The number of ether oxygens (including phenoxy) is 2. The average molecular weight is 1320 g/mol. The van der Waals surface area contributed by atoms with Gasteiger partial charge in [-0.3, -0.25) is 0 Å². The summed E-state index contributed by atoms with van der Waals surface area (Å²) >= 11 is 0. The molecule has 0 radical (unpaired) electrons. The van der Waals surface area contributed by atoms with Crippen molar-refractivity contribution in [3.8, 4) is 57.1 Å². The van der Waals surface area contributed by atoms with Crippen LogP contribution in [0.25, 0.3) is 11.1 Å². The lowest BCUT2D eigenvalue weighted by Crippen LogP contribution is -2.08. The monoisotopic (exact) mass is 1320 g/mol. The van der Waals surface area contributed by atoms with Crippen molar-refractivity contribution in [1.29, 1.82) is 0 Å². The zero-order valence-electron chi connectivity index (χ0n) is 60.9. The predicted octanol–water partition coefficient (Wildman–Crippen LogP) is 27.5. The first kappa shape index (κ1) is 77.6. The Bertz CT molecular complexity index is 2730. The number of methoxy groups -OCH3 is 2.